The van der Waals surface area contributed by atoms with Crippen LogP contribution in [0.1, 0.15) is 44.0 Å². The molecule has 1 aromatic rings. The summed E-state index contributed by atoms with van der Waals surface area (Å²) >= 11 is 0. The summed E-state index contributed by atoms with van der Waals surface area (Å²) in [6, 6.07) is 7.58. The van der Waals surface area contributed by atoms with Crippen LogP contribution in [-0.4, -0.2) is 16.6 Å². The SMILES string of the molecule is C=C(CC)NN1C(=O)c2ccccc2N[C@]1(C)CC. The predicted octanol–water partition coefficient (Wildman–Crippen LogP) is 3.11. The number of allylic oxidation sites excluding steroid dienone is 1. The van der Waals surface area contributed by atoms with Crippen LogP contribution < -0.4 is 10.7 Å². The van der Waals surface area contributed by atoms with E-state index in [1.807, 2.05) is 38.1 Å². The molecule has 2 N–H and O–H groups in total. The quantitative estimate of drug-likeness (QED) is 0.873. The van der Waals surface area contributed by atoms with Gasteiger partial charge in [0, 0.05) is 11.4 Å². The zero-order chi connectivity index (χ0) is 14.0. The molecule has 0 fully saturated rings. The van der Waals surface area contributed by atoms with Crippen molar-refractivity contribution in [1.82, 2.24) is 10.4 Å². The molecule has 19 heavy (non-hydrogen) atoms. The average molecular weight is 259 g/mol. The molecule has 0 spiro atoms. The number of nitrogens with one attached hydrogen (secondary N) is 2. The maximum Gasteiger partial charge on any atom is 0.276 e. The Morgan fingerprint density at radius 3 is 2.74 bits per heavy atom. The summed E-state index contributed by atoms with van der Waals surface area (Å²) < 4.78 is 0. The van der Waals surface area contributed by atoms with E-state index in [0.29, 0.717) is 5.56 Å². The fourth-order valence-corrected chi connectivity index (χ4v) is 2.13. The van der Waals surface area contributed by atoms with Gasteiger partial charge in [-0.1, -0.05) is 32.6 Å². The van der Waals surface area contributed by atoms with Gasteiger partial charge in [-0.15, -0.1) is 0 Å². The molecule has 4 heteroatoms. The summed E-state index contributed by atoms with van der Waals surface area (Å²) in [6.45, 7) is 10.00. The summed E-state index contributed by atoms with van der Waals surface area (Å²) in [5.41, 5.74) is 5.07. The number of benzene rings is 1. The van der Waals surface area contributed by atoms with E-state index in [4.69, 9.17) is 0 Å². The number of hydrogen-bond acceptors (Lipinski definition) is 3. The standard InChI is InChI=1S/C15H21N3O/c1-5-11(3)17-18-14(19)12-9-7-8-10-13(12)16-15(18,4)6-2/h7-10,16-17H,3,5-6H2,1-2,4H3/t15-/m0/s1. The lowest BCUT2D eigenvalue weighted by atomic mass is 10.0. The van der Waals surface area contributed by atoms with Crippen molar-refractivity contribution >= 4 is 11.6 Å². The van der Waals surface area contributed by atoms with Crippen LogP contribution in [0.5, 0.6) is 0 Å². The molecule has 0 unspecified atom stereocenters. The van der Waals surface area contributed by atoms with Crippen molar-refractivity contribution in [2.45, 2.75) is 39.3 Å². The number of carbonyl (C=O) groups is 1. The number of amides is 1. The molecule has 0 bridgehead atoms. The lowest BCUT2D eigenvalue weighted by Gasteiger charge is -2.46. The van der Waals surface area contributed by atoms with Crippen LogP contribution in [-0.2, 0) is 0 Å². The summed E-state index contributed by atoms with van der Waals surface area (Å²) in [5.74, 6) is -0.0201. The minimum absolute atomic E-state index is 0.0201. The molecule has 0 radical (unpaired) electrons. The highest BCUT2D eigenvalue weighted by Gasteiger charge is 2.40. The van der Waals surface area contributed by atoms with Gasteiger partial charge in [0.05, 0.1) is 5.56 Å². The normalized spacial score (nSPS) is 21.6. The number of nitrogens with zero attached hydrogens (tertiary/aromatic N) is 1. The van der Waals surface area contributed by atoms with Gasteiger partial charge in [-0.25, -0.2) is 5.01 Å². The van der Waals surface area contributed by atoms with Crippen molar-refractivity contribution < 1.29 is 4.79 Å². The maximum absolute atomic E-state index is 12.6. The lowest BCUT2D eigenvalue weighted by molar-refractivity contribution is 0.0389. The van der Waals surface area contributed by atoms with E-state index in [1.54, 1.807) is 5.01 Å². The first-order valence-corrected chi connectivity index (χ1v) is 6.68. The highest BCUT2D eigenvalue weighted by molar-refractivity contribution is 6.01. The number of para-hydroxylation sites is 1. The molecule has 0 aromatic heterocycles. The van der Waals surface area contributed by atoms with Crippen LogP contribution in [0.15, 0.2) is 36.5 Å². The van der Waals surface area contributed by atoms with Gasteiger partial charge in [0.1, 0.15) is 5.66 Å². The Kier molecular flexibility index (Phi) is 3.51. The van der Waals surface area contributed by atoms with Crippen LogP contribution >= 0.6 is 0 Å². The Balaban J connectivity index is 2.41. The first-order chi connectivity index (χ1) is 9.01. The Bertz CT molecular complexity index is 512. The molecule has 0 saturated heterocycles. The third-order valence-electron chi connectivity index (χ3n) is 3.64. The van der Waals surface area contributed by atoms with Crippen molar-refractivity contribution in [3.8, 4) is 0 Å². The van der Waals surface area contributed by atoms with E-state index in [0.717, 1.165) is 24.2 Å². The van der Waals surface area contributed by atoms with Gasteiger partial charge < -0.3 is 5.32 Å². The van der Waals surface area contributed by atoms with E-state index in [-0.39, 0.29) is 5.91 Å². The van der Waals surface area contributed by atoms with Gasteiger partial charge in [0.15, 0.2) is 0 Å². The molecule has 1 aliphatic heterocycles. The highest BCUT2D eigenvalue weighted by Crippen LogP contribution is 2.31. The number of hydrazine groups is 1. The molecule has 0 saturated carbocycles. The van der Waals surface area contributed by atoms with Crippen molar-refractivity contribution in [1.29, 1.82) is 0 Å². The summed E-state index contributed by atoms with van der Waals surface area (Å²) in [5, 5.41) is 5.09. The Labute approximate surface area is 114 Å². The topological polar surface area (TPSA) is 44.4 Å². The second-order valence-electron chi connectivity index (χ2n) is 5.01. The molecule has 1 atom stereocenters. The minimum atomic E-state index is -0.455. The second-order valence-corrected chi connectivity index (χ2v) is 5.01. The summed E-state index contributed by atoms with van der Waals surface area (Å²) in [7, 11) is 0. The zero-order valence-corrected chi connectivity index (χ0v) is 11.8. The average Bonchev–Trinajstić information content (AvgIpc) is 2.43. The van der Waals surface area contributed by atoms with Crippen LogP contribution in [0.2, 0.25) is 0 Å². The van der Waals surface area contributed by atoms with Gasteiger partial charge in [-0.2, -0.15) is 0 Å². The molecule has 4 nitrogen and oxygen atoms in total. The largest absolute Gasteiger partial charge is 0.361 e. The van der Waals surface area contributed by atoms with Crippen molar-refractivity contribution in [2.24, 2.45) is 0 Å². The van der Waals surface area contributed by atoms with Crippen molar-refractivity contribution in [2.75, 3.05) is 5.32 Å². The molecule has 1 heterocycles. The fourth-order valence-electron chi connectivity index (χ4n) is 2.13. The van der Waals surface area contributed by atoms with Gasteiger partial charge in [0.2, 0.25) is 0 Å². The number of rotatable bonds is 4. The van der Waals surface area contributed by atoms with Crippen molar-refractivity contribution in [3.63, 3.8) is 0 Å². The molecule has 0 aliphatic carbocycles. The molecule has 2 rings (SSSR count). The van der Waals surface area contributed by atoms with E-state index in [9.17, 15) is 4.79 Å². The molecular formula is C15H21N3O. The number of hydrogen-bond donors (Lipinski definition) is 2. The van der Waals surface area contributed by atoms with Gasteiger partial charge in [-0.05, 0) is 31.9 Å². The Morgan fingerprint density at radius 2 is 2.11 bits per heavy atom. The monoisotopic (exact) mass is 259 g/mol. The fraction of sp³-hybridized carbons (Fsp3) is 0.400. The van der Waals surface area contributed by atoms with Crippen LogP contribution in [0, 0.1) is 0 Å². The third kappa shape index (κ3) is 2.30. The summed E-state index contributed by atoms with van der Waals surface area (Å²) in [6.07, 6.45) is 1.57. The lowest BCUT2D eigenvalue weighted by Crippen LogP contribution is -2.62. The molecule has 1 aliphatic rings. The van der Waals surface area contributed by atoms with E-state index >= 15 is 0 Å². The Morgan fingerprint density at radius 1 is 1.42 bits per heavy atom. The molecule has 102 valence electrons. The first kappa shape index (κ1) is 13.5. The predicted molar refractivity (Wildman–Crippen MR) is 77.5 cm³/mol. The van der Waals surface area contributed by atoms with Crippen LogP contribution in [0.4, 0.5) is 5.69 Å². The van der Waals surface area contributed by atoms with Gasteiger partial charge in [0.25, 0.3) is 5.91 Å². The third-order valence-corrected chi connectivity index (χ3v) is 3.64. The first-order valence-electron chi connectivity index (χ1n) is 6.68. The van der Waals surface area contributed by atoms with Crippen molar-refractivity contribution in [3.05, 3.63) is 42.1 Å². The number of anilines is 1. The zero-order valence-electron chi connectivity index (χ0n) is 11.8. The Hall–Kier alpha value is -1.97. The van der Waals surface area contributed by atoms with Crippen LogP contribution in [0.3, 0.4) is 0 Å². The van der Waals surface area contributed by atoms with Gasteiger partial charge >= 0.3 is 0 Å². The van der Waals surface area contributed by atoms with E-state index < -0.39 is 5.66 Å². The van der Waals surface area contributed by atoms with Crippen LogP contribution in [0.25, 0.3) is 0 Å². The maximum atomic E-state index is 12.6. The van der Waals surface area contributed by atoms with Gasteiger partial charge in [-0.3, -0.25) is 10.2 Å². The molecular weight excluding hydrogens is 238 g/mol. The molecule has 1 aromatic carbocycles. The second kappa shape index (κ2) is 4.96. The number of fused-ring (bicyclic) bond motifs is 1. The number of carbonyl (C=O) groups excluding carboxylic acids is 1. The smallest absolute Gasteiger partial charge is 0.276 e. The summed E-state index contributed by atoms with van der Waals surface area (Å²) in [4.78, 5) is 12.6. The molecule has 1 amide bonds. The highest BCUT2D eigenvalue weighted by atomic mass is 16.2. The minimum Gasteiger partial charge on any atom is -0.361 e. The van der Waals surface area contributed by atoms with E-state index in [2.05, 4.69) is 24.2 Å². The van der Waals surface area contributed by atoms with E-state index in [1.165, 1.54) is 0 Å².